The first-order chi connectivity index (χ1) is 21.1. The molecule has 3 aromatic carbocycles. The molecule has 9 nitrogen and oxygen atoms in total. The van der Waals surface area contributed by atoms with Crippen molar-refractivity contribution in [1.82, 2.24) is 10.2 Å². The van der Waals surface area contributed by atoms with Crippen LogP contribution in [0.3, 0.4) is 0 Å². The summed E-state index contributed by atoms with van der Waals surface area (Å²) in [6.45, 7) is 1.41. The molecule has 0 bridgehead atoms. The maximum Gasteiger partial charge on any atom is 0.244 e. The standard InChI is InChI=1S/C34H43N3O6S/c1-25-18-19-32(43-3)30(20-25)37(44(4,40)41)24-33(38)36(23-27-14-11-17-29(21-27)42-2)31(22-26-12-7-5-8-13-26)34(39)35-28-15-9-6-10-16-28/h5,7-8,11-14,17-21,28,31H,6,9-10,15-16,22-24H2,1-4H3,(H,35,39)/t31-/m0/s1. The van der Waals surface area contributed by atoms with Gasteiger partial charge >= 0.3 is 0 Å². The fourth-order valence-electron chi connectivity index (χ4n) is 5.66. The zero-order valence-electron chi connectivity index (χ0n) is 26.0. The van der Waals surface area contributed by atoms with E-state index in [1.807, 2.05) is 67.6 Å². The van der Waals surface area contributed by atoms with E-state index in [1.165, 1.54) is 12.0 Å². The van der Waals surface area contributed by atoms with Gasteiger partial charge in [0, 0.05) is 19.0 Å². The predicted octanol–water partition coefficient (Wildman–Crippen LogP) is 4.87. The third-order valence-corrected chi connectivity index (χ3v) is 9.12. The maximum absolute atomic E-state index is 14.4. The van der Waals surface area contributed by atoms with Crippen molar-refractivity contribution in [3.05, 3.63) is 89.5 Å². The fourth-order valence-corrected chi connectivity index (χ4v) is 6.50. The average molecular weight is 622 g/mol. The molecule has 1 N–H and O–H groups in total. The Kier molecular flexibility index (Phi) is 11.3. The van der Waals surface area contributed by atoms with Crippen molar-refractivity contribution in [3.8, 4) is 11.5 Å². The highest BCUT2D eigenvalue weighted by molar-refractivity contribution is 7.92. The van der Waals surface area contributed by atoms with Crippen LogP contribution in [0.15, 0.2) is 72.8 Å². The molecule has 4 rings (SSSR count). The predicted molar refractivity (Wildman–Crippen MR) is 172 cm³/mol. The Bertz CT molecular complexity index is 1520. The number of carbonyl (C=O) groups excluding carboxylic acids is 2. The summed E-state index contributed by atoms with van der Waals surface area (Å²) in [7, 11) is -0.900. The Morgan fingerprint density at radius 3 is 2.27 bits per heavy atom. The van der Waals surface area contributed by atoms with Crippen LogP contribution in [0.2, 0.25) is 0 Å². The Morgan fingerprint density at radius 1 is 0.909 bits per heavy atom. The van der Waals surface area contributed by atoms with Gasteiger partial charge in [-0.1, -0.05) is 67.8 Å². The number of hydrogen-bond donors (Lipinski definition) is 1. The van der Waals surface area contributed by atoms with Crippen LogP contribution in [0, 0.1) is 6.92 Å². The summed E-state index contributed by atoms with van der Waals surface area (Å²) in [5.74, 6) is 0.171. The number of nitrogens with zero attached hydrogens (tertiary/aromatic N) is 2. The number of sulfonamides is 1. The minimum absolute atomic E-state index is 0.0346. The molecule has 1 aliphatic rings. The minimum Gasteiger partial charge on any atom is -0.497 e. The highest BCUT2D eigenvalue weighted by Gasteiger charge is 2.34. The molecule has 0 aliphatic heterocycles. The van der Waals surface area contributed by atoms with E-state index in [1.54, 1.807) is 19.2 Å². The Labute approximate surface area is 261 Å². The van der Waals surface area contributed by atoms with Gasteiger partial charge in [-0.25, -0.2) is 8.42 Å². The average Bonchev–Trinajstić information content (AvgIpc) is 3.02. The normalized spacial score (nSPS) is 14.4. The number of aryl methyl sites for hydroxylation is 1. The zero-order valence-corrected chi connectivity index (χ0v) is 26.8. The van der Waals surface area contributed by atoms with E-state index in [4.69, 9.17) is 9.47 Å². The summed E-state index contributed by atoms with van der Waals surface area (Å²) in [5, 5.41) is 3.21. The number of carbonyl (C=O) groups is 2. The van der Waals surface area contributed by atoms with Crippen LogP contribution in [0.4, 0.5) is 5.69 Å². The molecule has 0 spiro atoms. The van der Waals surface area contributed by atoms with Gasteiger partial charge in [-0.15, -0.1) is 0 Å². The van der Waals surface area contributed by atoms with Crippen molar-refractivity contribution < 1.29 is 27.5 Å². The van der Waals surface area contributed by atoms with E-state index in [0.29, 0.717) is 11.5 Å². The van der Waals surface area contributed by atoms with Crippen molar-refractivity contribution in [2.75, 3.05) is 31.3 Å². The van der Waals surface area contributed by atoms with Gasteiger partial charge < -0.3 is 19.7 Å². The summed E-state index contributed by atoms with van der Waals surface area (Å²) in [6.07, 6.45) is 6.34. The second-order valence-corrected chi connectivity index (χ2v) is 13.3. The van der Waals surface area contributed by atoms with E-state index in [-0.39, 0.29) is 30.6 Å². The first-order valence-corrected chi connectivity index (χ1v) is 16.8. The third-order valence-electron chi connectivity index (χ3n) is 7.99. The van der Waals surface area contributed by atoms with Crippen molar-refractivity contribution in [1.29, 1.82) is 0 Å². The molecule has 1 fully saturated rings. The SMILES string of the molecule is COc1cccc(CN(C(=O)CN(c2cc(C)ccc2OC)S(C)(=O)=O)[C@@H](Cc2ccccc2)C(=O)NC2CCCCC2)c1. The number of ether oxygens (including phenoxy) is 2. The number of nitrogens with one attached hydrogen (secondary N) is 1. The number of amides is 2. The quantitative estimate of drug-likeness (QED) is 0.292. The first kappa shape index (κ1) is 32.9. The monoisotopic (exact) mass is 621 g/mol. The molecule has 1 atom stereocenters. The van der Waals surface area contributed by atoms with Crippen molar-refractivity contribution in [3.63, 3.8) is 0 Å². The molecule has 236 valence electrons. The van der Waals surface area contributed by atoms with Crippen molar-refractivity contribution >= 4 is 27.5 Å². The molecule has 0 radical (unpaired) electrons. The van der Waals surface area contributed by atoms with Gasteiger partial charge in [-0.2, -0.15) is 0 Å². The van der Waals surface area contributed by atoms with Gasteiger partial charge in [0.05, 0.1) is 26.2 Å². The molecule has 0 aromatic heterocycles. The fraction of sp³-hybridized carbons (Fsp3) is 0.412. The lowest BCUT2D eigenvalue weighted by Crippen LogP contribution is -2.55. The number of methoxy groups -OCH3 is 2. The smallest absolute Gasteiger partial charge is 0.244 e. The van der Waals surface area contributed by atoms with Crippen LogP contribution in [0.5, 0.6) is 11.5 Å². The molecule has 44 heavy (non-hydrogen) atoms. The van der Waals surface area contributed by atoms with Crippen LogP contribution in [0.25, 0.3) is 0 Å². The molecule has 1 saturated carbocycles. The Balaban J connectivity index is 1.76. The summed E-state index contributed by atoms with van der Waals surface area (Å²) < 4.78 is 38.3. The number of anilines is 1. The Morgan fingerprint density at radius 2 is 1.61 bits per heavy atom. The highest BCUT2D eigenvalue weighted by Crippen LogP contribution is 2.31. The van der Waals surface area contributed by atoms with Gasteiger partial charge in [0.1, 0.15) is 24.1 Å². The van der Waals surface area contributed by atoms with E-state index < -0.39 is 28.5 Å². The second kappa shape index (κ2) is 15.1. The Hall–Kier alpha value is -4.05. The highest BCUT2D eigenvalue weighted by atomic mass is 32.2. The summed E-state index contributed by atoms with van der Waals surface area (Å²) in [4.78, 5) is 30.0. The molecule has 2 amide bonds. The molecule has 0 saturated heterocycles. The molecular weight excluding hydrogens is 578 g/mol. The van der Waals surface area contributed by atoms with Crippen LogP contribution in [-0.2, 0) is 32.6 Å². The van der Waals surface area contributed by atoms with Crippen molar-refractivity contribution in [2.24, 2.45) is 0 Å². The first-order valence-electron chi connectivity index (χ1n) is 15.0. The molecular formula is C34H43N3O6S. The molecule has 1 aliphatic carbocycles. The van der Waals surface area contributed by atoms with Crippen LogP contribution >= 0.6 is 0 Å². The number of hydrogen-bond acceptors (Lipinski definition) is 6. The topological polar surface area (TPSA) is 105 Å². The summed E-state index contributed by atoms with van der Waals surface area (Å²) in [5.41, 5.74) is 2.71. The van der Waals surface area contributed by atoms with Gasteiger partial charge in [0.25, 0.3) is 0 Å². The van der Waals surface area contributed by atoms with Gasteiger partial charge in [0.15, 0.2) is 0 Å². The van der Waals surface area contributed by atoms with E-state index in [9.17, 15) is 18.0 Å². The third kappa shape index (κ3) is 8.75. The summed E-state index contributed by atoms with van der Waals surface area (Å²) >= 11 is 0. The summed E-state index contributed by atoms with van der Waals surface area (Å²) in [6, 6.07) is 21.2. The molecule has 0 unspecified atom stereocenters. The largest absolute Gasteiger partial charge is 0.497 e. The van der Waals surface area contributed by atoms with E-state index in [2.05, 4.69) is 5.32 Å². The lowest BCUT2D eigenvalue weighted by molar-refractivity contribution is -0.140. The van der Waals surface area contributed by atoms with Crippen LogP contribution in [-0.4, -0.2) is 64.2 Å². The molecule has 0 heterocycles. The van der Waals surface area contributed by atoms with E-state index in [0.717, 1.165) is 59.4 Å². The maximum atomic E-state index is 14.4. The van der Waals surface area contributed by atoms with Gasteiger partial charge in [-0.05, 0) is 60.7 Å². The number of benzene rings is 3. The van der Waals surface area contributed by atoms with Gasteiger partial charge in [-0.3, -0.25) is 13.9 Å². The minimum atomic E-state index is -3.92. The molecule has 3 aromatic rings. The lowest BCUT2D eigenvalue weighted by Gasteiger charge is -2.35. The van der Waals surface area contributed by atoms with Crippen LogP contribution in [0.1, 0.15) is 48.8 Å². The van der Waals surface area contributed by atoms with Gasteiger partial charge in [0.2, 0.25) is 21.8 Å². The molecule has 10 heteroatoms. The zero-order chi connectivity index (χ0) is 31.7. The number of rotatable bonds is 13. The van der Waals surface area contributed by atoms with Crippen LogP contribution < -0.4 is 19.1 Å². The van der Waals surface area contributed by atoms with E-state index >= 15 is 0 Å². The van der Waals surface area contributed by atoms with Crippen molar-refractivity contribution in [2.45, 2.75) is 64.1 Å². The second-order valence-electron chi connectivity index (χ2n) is 11.4. The lowest BCUT2D eigenvalue weighted by atomic mass is 9.94.